The van der Waals surface area contributed by atoms with Crippen molar-refractivity contribution in [2.75, 3.05) is 0 Å². The van der Waals surface area contributed by atoms with Gasteiger partial charge in [-0.2, -0.15) is 5.10 Å². The lowest BCUT2D eigenvalue weighted by Crippen LogP contribution is -2.16. The van der Waals surface area contributed by atoms with Crippen molar-refractivity contribution in [3.8, 4) is 0 Å². The predicted octanol–water partition coefficient (Wildman–Crippen LogP) is 4.35. The third-order valence-electron chi connectivity index (χ3n) is 3.92. The van der Waals surface area contributed by atoms with Gasteiger partial charge in [0.25, 0.3) is 0 Å². The summed E-state index contributed by atoms with van der Waals surface area (Å²) in [6, 6.07) is 21.7. The van der Waals surface area contributed by atoms with Crippen molar-refractivity contribution >= 4 is 33.7 Å². The smallest absolute Gasteiger partial charge is 0.307 e. The van der Waals surface area contributed by atoms with Crippen LogP contribution in [0.15, 0.2) is 82.5 Å². The molecule has 4 rings (SSSR count). The summed E-state index contributed by atoms with van der Waals surface area (Å²) in [5, 5.41) is 8.56. The van der Waals surface area contributed by atoms with E-state index in [0.29, 0.717) is 0 Å². The minimum atomic E-state index is -0.374. The van der Waals surface area contributed by atoms with E-state index >= 15 is 0 Å². The first-order valence-corrected chi connectivity index (χ1v) is 7.60. The molecule has 0 radical (unpaired) electrons. The molecule has 0 saturated carbocycles. The molecule has 3 aromatic carbocycles. The van der Waals surface area contributed by atoms with E-state index in [-0.39, 0.29) is 11.7 Å². The minimum absolute atomic E-state index is 0.231. The highest BCUT2D eigenvalue weighted by Crippen LogP contribution is 2.27. The lowest BCUT2D eigenvalue weighted by molar-refractivity contribution is 0.0927. The second kappa shape index (κ2) is 6.01. The lowest BCUT2D eigenvalue weighted by Gasteiger charge is -2.07. The van der Waals surface area contributed by atoms with Gasteiger partial charge in [0.2, 0.25) is 0 Å². The Hall–Kier alpha value is -3.40. The lowest BCUT2D eigenvalue weighted by atomic mass is 9.97. The van der Waals surface area contributed by atoms with Crippen LogP contribution in [0.4, 0.5) is 0 Å². The third kappa shape index (κ3) is 2.54. The molecular formula is C20H14N2O2. The first kappa shape index (κ1) is 14.2. The average Bonchev–Trinajstić information content (AvgIpc) is 3.16. The van der Waals surface area contributed by atoms with Crippen molar-refractivity contribution in [2.45, 2.75) is 0 Å². The highest BCUT2D eigenvalue weighted by Gasteiger charge is 2.08. The SMILES string of the molecule is O=C(N/N=C\c1c2ccccc2cc2ccccc12)c1ccco1. The molecule has 1 amide bonds. The summed E-state index contributed by atoms with van der Waals surface area (Å²) in [4.78, 5) is 11.9. The van der Waals surface area contributed by atoms with Gasteiger partial charge in [0.05, 0.1) is 12.5 Å². The Bertz CT molecular complexity index is 996. The Morgan fingerprint density at radius 1 is 0.917 bits per heavy atom. The molecule has 24 heavy (non-hydrogen) atoms. The molecule has 4 heteroatoms. The van der Waals surface area contributed by atoms with Gasteiger partial charge in [-0.3, -0.25) is 4.79 Å². The number of benzene rings is 3. The van der Waals surface area contributed by atoms with E-state index in [4.69, 9.17) is 4.42 Å². The molecule has 1 aromatic heterocycles. The normalized spacial score (nSPS) is 11.3. The summed E-state index contributed by atoms with van der Waals surface area (Å²) < 4.78 is 5.05. The molecule has 0 aliphatic rings. The molecular weight excluding hydrogens is 300 g/mol. The largest absolute Gasteiger partial charge is 0.459 e. The van der Waals surface area contributed by atoms with Gasteiger partial charge in [-0.25, -0.2) is 5.43 Å². The second-order valence-electron chi connectivity index (χ2n) is 5.41. The Balaban J connectivity index is 1.76. The first-order chi connectivity index (χ1) is 11.8. The maximum absolute atomic E-state index is 11.9. The quantitative estimate of drug-likeness (QED) is 0.347. The Morgan fingerprint density at radius 2 is 1.58 bits per heavy atom. The van der Waals surface area contributed by atoms with Gasteiger partial charge in [-0.1, -0.05) is 48.5 Å². The van der Waals surface area contributed by atoms with E-state index in [1.54, 1.807) is 18.3 Å². The fraction of sp³-hybridized carbons (Fsp3) is 0. The molecule has 116 valence electrons. The standard InChI is InChI=1S/C20H14N2O2/c23-20(19-10-5-11-24-19)22-21-13-18-16-8-3-1-6-14(16)12-15-7-2-4-9-17(15)18/h1-13H,(H,22,23)/b21-13-. The molecule has 0 fully saturated rings. The number of nitrogens with zero attached hydrogens (tertiary/aromatic N) is 1. The van der Waals surface area contributed by atoms with Crippen LogP contribution in [0, 0.1) is 0 Å². The highest BCUT2D eigenvalue weighted by atomic mass is 16.3. The van der Waals surface area contributed by atoms with E-state index < -0.39 is 0 Å². The zero-order valence-corrected chi connectivity index (χ0v) is 12.8. The van der Waals surface area contributed by atoms with Crippen LogP contribution in [0.1, 0.15) is 16.1 Å². The fourth-order valence-electron chi connectivity index (χ4n) is 2.81. The average molecular weight is 314 g/mol. The summed E-state index contributed by atoms with van der Waals surface area (Å²) >= 11 is 0. The molecule has 0 unspecified atom stereocenters. The molecule has 1 heterocycles. The van der Waals surface area contributed by atoms with Crippen LogP contribution in [0.5, 0.6) is 0 Å². The summed E-state index contributed by atoms with van der Waals surface area (Å²) in [5.74, 6) is -0.143. The molecule has 0 aliphatic carbocycles. The number of hydrogen-bond donors (Lipinski definition) is 1. The molecule has 0 atom stereocenters. The van der Waals surface area contributed by atoms with E-state index in [9.17, 15) is 4.79 Å². The van der Waals surface area contributed by atoms with E-state index in [2.05, 4.69) is 40.9 Å². The van der Waals surface area contributed by atoms with Crippen LogP contribution in [-0.4, -0.2) is 12.1 Å². The number of furan rings is 1. The van der Waals surface area contributed by atoms with E-state index in [1.807, 2.05) is 24.3 Å². The highest BCUT2D eigenvalue weighted by molar-refractivity contribution is 6.13. The second-order valence-corrected chi connectivity index (χ2v) is 5.41. The number of carbonyl (C=O) groups is 1. The Kier molecular flexibility index (Phi) is 3.56. The molecule has 0 aliphatic heterocycles. The number of nitrogens with one attached hydrogen (secondary N) is 1. The zero-order valence-electron chi connectivity index (χ0n) is 12.8. The zero-order chi connectivity index (χ0) is 16.4. The first-order valence-electron chi connectivity index (χ1n) is 7.60. The van der Waals surface area contributed by atoms with Gasteiger partial charge in [0, 0.05) is 5.56 Å². The van der Waals surface area contributed by atoms with Gasteiger partial charge < -0.3 is 4.42 Å². The number of hydrogen-bond acceptors (Lipinski definition) is 3. The molecule has 0 spiro atoms. The van der Waals surface area contributed by atoms with Crippen molar-refractivity contribution < 1.29 is 9.21 Å². The number of rotatable bonds is 3. The number of amides is 1. The van der Waals surface area contributed by atoms with E-state index in [0.717, 1.165) is 27.1 Å². The summed E-state index contributed by atoms with van der Waals surface area (Å²) in [6.45, 7) is 0. The summed E-state index contributed by atoms with van der Waals surface area (Å²) in [5.41, 5.74) is 3.48. The topological polar surface area (TPSA) is 54.6 Å². The maximum Gasteiger partial charge on any atom is 0.307 e. The van der Waals surface area contributed by atoms with Crippen molar-refractivity contribution in [3.63, 3.8) is 0 Å². The van der Waals surface area contributed by atoms with E-state index in [1.165, 1.54) is 6.26 Å². The minimum Gasteiger partial charge on any atom is -0.459 e. The Morgan fingerprint density at radius 3 is 2.21 bits per heavy atom. The van der Waals surface area contributed by atoms with Crippen LogP contribution in [0.3, 0.4) is 0 Å². The number of fused-ring (bicyclic) bond motifs is 2. The molecule has 4 nitrogen and oxygen atoms in total. The van der Waals surface area contributed by atoms with Crippen molar-refractivity contribution in [2.24, 2.45) is 5.10 Å². The molecule has 4 aromatic rings. The number of carbonyl (C=O) groups excluding carboxylic acids is 1. The van der Waals surface area contributed by atoms with Gasteiger partial charge in [-0.15, -0.1) is 0 Å². The molecule has 1 N–H and O–H groups in total. The van der Waals surface area contributed by atoms with Crippen molar-refractivity contribution in [3.05, 3.63) is 84.3 Å². The predicted molar refractivity (Wildman–Crippen MR) is 95.2 cm³/mol. The van der Waals surface area contributed by atoms with Crippen molar-refractivity contribution in [1.82, 2.24) is 5.43 Å². The van der Waals surface area contributed by atoms with Crippen LogP contribution < -0.4 is 5.43 Å². The third-order valence-corrected chi connectivity index (χ3v) is 3.92. The summed E-state index contributed by atoms with van der Waals surface area (Å²) in [7, 11) is 0. The number of hydrazone groups is 1. The van der Waals surface area contributed by atoms with Gasteiger partial charge in [-0.05, 0) is 39.7 Å². The molecule has 0 bridgehead atoms. The molecule has 0 saturated heterocycles. The Labute approximate surface area is 138 Å². The summed E-state index contributed by atoms with van der Waals surface area (Å²) in [6.07, 6.45) is 3.14. The maximum atomic E-state index is 11.9. The fourth-order valence-corrected chi connectivity index (χ4v) is 2.81. The van der Waals surface area contributed by atoms with Gasteiger partial charge in [0.1, 0.15) is 0 Å². The van der Waals surface area contributed by atoms with Gasteiger partial charge in [0.15, 0.2) is 5.76 Å². The van der Waals surface area contributed by atoms with Gasteiger partial charge >= 0.3 is 5.91 Å². The van der Waals surface area contributed by atoms with Crippen LogP contribution in [0.25, 0.3) is 21.5 Å². The monoisotopic (exact) mass is 314 g/mol. The van der Waals surface area contributed by atoms with Crippen LogP contribution >= 0.6 is 0 Å². The van der Waals surface area contributed by atoms with Crippen LogP contribution in [0.2, 0.25) is 0 Å². The van der Waals surface area contributed by atoms with Crippen molar-refractivity contribution in [1.29, 1.82) is 0 Å². The van der Waals surface area contributed by atoms with Crippen LogP contribution in [-0.2, 0) is 0 Å².